The monoisotopic (exact) mass is 526 g/mol. The van der Waals surface area contributed by atoms with Crippen molar-refractivity contribution in [2.24, 2.45) is 0 Å². The number of aromatic nitrogens is 1. The molecule has 1 aliphatic rings. The van der Waals surface area contributed by atoms with Gasteiger partial charge in [-0.25, -0.2) is 9.59 Å². The Labute approximate surface area is 213 Å². The molecule has 1 aliphatic heterocycles. The maximum absolute atomic E-state index is 13.4. The number of methoxy groups -OCH3 is 1. The lowest BCUT2D eigenvalue weighted by atomic mass is 10.1. The molecular weight excluding hydrogens is 504 g/mol. The Balaban J connectivity index is 1.84. The number of fused-ring (bicyclic) bond motifs is 1. The zero-order chi connectivity index (χ0) is 26.5. The lowest BCUT2D eigenvalue weighted by Crippen LogP contribution is -2.32. The summed E-state index contributed by atoms with van der Waals surface area (Å²) in [7, 11) is 1.29. The third kappa shape index (κ3) is 5.76. The van der Waals surface area contributed by atoms with Gasteiger partial charge in [-0.05, 0) is 30.7 Å². The SMILES string of the molecule is CCOC(=O)/C=c1\s/c(=C/c2ccc(C(=O)OC)cc2)c(=O)n1Cc1cc([N+](=O)[O-])cc2c1OCOC2. The van der Waals surface area contributed by atoms with Crippen molar-refractivity contribution in [2.45, 2.75) is 20.1 Å². The Bertz CT molecular complexity index is 1540. The maximum Gasteiger partial charge on any atom is 0.337 e. The predicted octanol–water partition coefficient (Wildman–Crippen LogP) is 1.69. The van der Waals surface area contributed by atoms with E-state index in [9.17, 15) is 24.5 Å². The molecule has 0 amide bonds. The molecule has 0 N–H and O–H groups in total. The van der Waals surface area contributed by atoms with E-state index in [0.29, 0.717) is 37.2 Å². The fraction of sp³-hybridized carbons (Fsp3) is 0.240. The molecule has 0 atom stereocenters. The molecule has 0 saturated carbocycles. The van der Waals surface area contributed by atoms with Gasteiger partial charge in [0.25, 0.3) is 11.2 Å². The van der Waals surface area contributed by atoms with Crippen LogP contribution in [0.25, 0.3) is 12.2 Å². The van der Waals surface area contributed by atoms with Crippen LogP contribution in [0.2, 0.25) is 0 Å². The highest BCUT2D eigenvalue weighted by Crippen LogP contribution is 2.32. The third-order valence-corrected chi connectivity index (χ3v) is 6.46. The van der Waals surface area contributed by atoms with Gasteiger partial charge in [0.1, 0.15) is 10.4 Å². The first-order chi connectivity index (χ1) is 17.8. The molecular formula is C25H22N2O9S. The molecule has 2 heterocycles. The molecule has 0 fully saturated rings. The molecule has 4 rings (SSSR count). The summed E-state index contributed by atoms with van der Waals surface area (Å²) in [4.78, 5) is 48.3. The smallest absolute Gasteiger partial charge is 0.337 e. The number of nitro groups is 1. The largest absolute Gasteiger partial charge is 0.467 e. The van der Waals surface area contributed by atoms with Gasteiger partial charge >= 0.3 is 11.9 Å². The number of non-ortho nitro benzene ring substituents is 1. The van der Waals surface area contributed by atoms with Crippen LogP contribution in [-0.4, -0.2) is 41.9 Å². The van der Waals surface area contributed by atoms with E-state index < -0.39 is 22.4 Å². The number of nitrogens with zero attached hydrogens (tertiary/aromatic N) is 2. The van der Waals surface area contributed by atoms with Crippen LogP contribution < -0.4 is 19.5 Å². The summed E-state index contributed by atoms with van der Waals surface area (Å²) in [6.07, 6.45) is 2.83. The highest BCUT2D eigenvalue weighted by Gasteiger charge is 2.22. The van der Waals surface area contributed by atoms with E-state index in [0.717, 1.165) is 11.3 Å². The van der Waals surface area contributed by atoms with E-state index >= 15 is 0 Å². The van der Waals surface area contributed by atoms with Gasteiger partial charge in [0.05, 0.1) is 48.0 Å². The number of hydrogen-bond acceptors (Lipinski definition) is 10. The van der Waals surface area contributed by atoms with Crippen LogP contribution in [0, 0.1) is 10.1 Å². The van der Waals surface area contributed by atoms with Crippen molar-refractivity contribution in [1.29, 1.82) is 0 Å². The molecule has 0 radical (unpaired) electrons. The summed E-state index contributed by atoms with van der Waals surface area (Å²) < 4.78 is 22.5. The van der Waals surface area contributed by atoms with Crippen molar-refractivity contribution in [3.8, 4) is 5.75 Å². The Kier molecular flexibility index (Phi) is 7.80. The molecule has 0 unspecified atom stereocenters. The quantitative estimate of drug-likeness (QED) is 0.256. The number of hydrogen-bond donors (Lipinski definition) is 0. The standard InChI is InChI=1S/C25H22N2O9S/c1-3-35-22(28)11-21-26(12-17-9-19(27(31)32)10-18-13-34-14-36-23(17)18)24(29)20(37-21)8-15-4-6-16(7-5-15)25(30)33-2/h4-11H,3,12-14H2,1-2H3/b20-8+,21-11-. The van der Waals surface area contributed by atoms with Crippen molar-refractivity contribution >= 4 is 41.1 Å². The van der Waals surface area contributed by atoms with E-state index in [2.05, 4.69) is 0 Å². The van der Waals surface area contributed by atoms with E-state index in [1.807, 2.05) is 0 Å². The predicted molar refractivity (Wildman–Crippen MR) is 133 cm³/mol. The van der Waals surface area contributed by atoms with Gasteiger partial charge in [-0.15, -0.1) is 11.3 Å². The number of benzene rings is 2. The molecule has 192 valence electrons. The van der Waals surface area contributed by atoms with Crippen molar-refractivity contribution in [1.82, 2.24) is 4.57 Å². The minimum atomic E-state index is -0.628. The Morgan fingerprint density at radius 3 is 2.68 bits per heavy atom. The van der Waals surface area contributed by atoms with Gasteiger partial charge in [-0.1, -0.05) is 12.1 Å². The Morgan fingerprint density at radius 1 is 1.24 bits per heavy atom. The number of thiazole rings is 1. The minimum Gasteiger partial charge on any atom is -0.467 e. The minimum absolute atomic E-state index is 0.0290. The average Bonchev–Trinajstić information content (AvgIpc) is 3.17. The molecule has 0 saturated heterocycles. The highest BCUT2D eigenvalue weighted by molar-refractivity contribution is 7.07. The molecule has 12 heteroatoms. The molecule has 2 aromatic carbocycles. The van der Waals surface area contributed by atoms with Crippen LogP contribution in [0.5, 0.6) is 5.75 Å². The van der Waals surface area contributed by atoms with Gasteiger partial charge in [0, 0.05) is 23.3 Å². The highest BCUT2D eigenvalue weighted by atomic mass is 32.1. The Hall–Kier alpha value is -4.29. The van der Waals surface area contributed by atoms with Gasteiger partial charge in [0.15, 0.2) is 6.79 Å². The average molecular weight is 527 g/mol. The van der Waals surface area contributed by atoms with E-state index in [1.165, 1.54) is 29.9 Å². The normalized spacial score (nSPS) is 13.6. The van der Waals surface area contributed by atoms with Crippen molar-refractivity contribution < 1.29 is 33.5 Å². The lowest BCUT2D eigenvalue weighted by Gasteiger charge is -2.20. The van der Waals surface area contributed by atoms with Crippen molar-refractivity contribution in [3.05, 3.63) is 88.3 Å². The number of carbonyl (C=O) groups excluding carboxylic acids is 2. The van der Waals surface area contributed by atoms with Gasteiger partial charge < -0.3 is 18.9 Å². The zero-order valence-corrected chi connectivity index (χ0v) is 20.7. The van der Waals surface area contributed by atoms with Gasteiger partial charge in [0.2, 0.25) is 0 Å². The molecule has 0 aliphatic carbocycles. The fourth-order valence-electron chi connectivity index (χ4n) is 3.74. The van der Waals surface area contributed by atoms with Crippen molar-refractivity contribution in [2.75, 3.05) is 20.5 Å². The summed E-state index contributed by atoms with van der Waals surface area (Å²) in [6.45, 7) is 1.84. The number of esters is 2. The first-order valence-electron chi connectivity index (χ1n) is 11.1. The Morgan fingerprint density at radius 2 is 2.00 bits per heavy atom. The molecule has 11 nitrogen and oxygen atoms in total. The molecule has 0 spiro atoms. The molecule has 3 aromatic rings. The van der Waals surface area contributed by atoms with Crippen LogP contribution in [0.4, 0.5) is 5.69 Å². The number of nitro benzene ring substituents is 1. The second-order valence-electron chi connectivity index (χ2n) is 7.81. The fourth-order valence-corrected chi connectivity index (χ4v) is 4.77. The van der Waals surface area contributed by atoms with Crippen LogP contribution in [0.3, 0.4) is 0 Å². The second-order valence-corrected chi connectivity index (χ2v) is 8.87. The van der Waals surface area contributed by atoms with Gasteiger partial charge in [-0.2, -0.15) is 0 Å². The summed E-state index contributed by atoms with van der Waals surface area (Å²) >= 11 is 1.06. The second kappa shape index (κ2) is 11.2. The zero-order valence-electron chi connectivity index (χ0n) is 19.9. The van der Waals surface area contributed by atoms with Crippen molar-refractivity contribution in [3.63, 3.8) is 0 Å². The summed E-state index contributed by atoms with van der Waals surface area (Å²) in [5.74, 6) is -0.706. The lowest BCUT2D eigenvalue weighted by molar-refractivity contribution is -0.385. The topological polar surface area (TPSA) is 136 Å². The first kappa shape index (κ1) is 25.8. The summed E-state index contributed by atoms with van der Waals surface area (Å²) in [6, 6.07) is 9.19. The number of ether oxygens (including phenoxy) is 4. The number of rotatable bonds is 7. The first-order valence-corrected chi connectivity index (χ1v) is 11.9. The maximum atomic E-state index is 13.4. The summed E-state index contributed by atoms with van der Waals surface area (Å²) in [5.41, 5.74) is 1.32. The molecule has 1 aromatic heterocycles. The van der Waals surface area contributed by atoms with Gasteiger partial charge in [-0.3, -0.25) is 19.5 Å². The molecule has 37 heavy (non-hydrogen) atoms. The van der Waals surface area contributed by atoms with Crippen LogP contribution >= 0.6 is 11.3 Å². The molecule has 0 bridgehead atoms. The third-order valence-electron chi connectivity index (χ3n) is 5.40. The van der Waals surface area contributed by atoms with E-state index in [4.69, 9.17) is 18.9 Å². The summed E-state index contributed by atoms with van der Waals surface area (Å²) in [5, 5.41) is 11.5. The number of carbonyl (C=O) groups is 2. The van der Waals surface area contributed by atoms with Crippen LogP contribution in [0.1, 0.15) is 34.0 Å². The van der Waals surface area contributed by atoms with Crippen LogP contribution in [-0.2, 0) is 32.2 Å². The van der Waals surface area contributed by atoms with E-state index in [1.54, 1.807) is 37.3 Å². The van der Waals surface area contributed by atoms with Crippen LogP contribution in [0.15, 0.2) is 41.2 Å². The van der Waals surface area contributed by atoms with E-state index in [-0.39, 0.29) is 32.2 Å².